The fraction of sp³-hybridized carbons (Fsp3) is 0.304. The Hall–Kier alpha value is -4.04. The maximum atomic E-state index is 12.2. The number of likely N-dealkylation sites (tertiary alicyclic amines) is 1. The summed E-state index contributed by atoms with van der Waals surface area (Å²) in [6.45, 7) is 3.07. The number of nitrogens with two attached hydrogens (primary N) is 1. The van der Waals surface area contributed by atoms with Crippen LogP contribution in [0.5, 0.6) is 5.75 Å². The van der Waals surface area contributed by atoms with Gasteiger partial charge in [-0.2, -0.15) is 5.10 Å². The van der Waals surface area contributed by atoms with Gasteiger partial charge in [-0.25, -0.2) is 14.6 Å². The van der Waals surface area contributed by atoms with Gasteiger partial charge in [-0.15, -0.1) is 0 Å². The van der Waals surface area contributed by atoms with Gasteiger partial charge in [0.1, 0.15) is 30.2 Å². The Labute approximate surface area is 180 Å². The Morgan fingerprint density at radius 3 is 2.94 bits per heavy atom. The number of carbonyl (C=O) groups excluding carboxylic acids is 1. The molecule has 0 bridgehead atoms. The molecule has 1 aliphatic heterocycles. The van der Waals surface area contributed by atoms with Crippen LogP contribution in [-0.2, 0) is 4.79 Å². The van der Waals surface area contributed by atoms with E-state index in [-0.39, 0.29) is 18.6 Å². The van der Waals surface area contributed by atoms with Gasteiger partial charge in [-0.05, 0) is 43.7 Å². The molecule has 0 spiro atoms. The van der Waals surface area contributed by atoms with Gasteiger partial charge in [0.2, 0.25) is 0 Å². The molecule has 1 aromatic carbocycles. The zero-order valence-corrected chi connectivity index (χ0v) is 17.2. The maximum absolute atomic E-state index is 12.2. The molecule has 156 valence electrons. The Morgan fingerprint density at radius 2 is 2.13 bits per heavy atom. The molecule has 8 nitrogen and oxygen atoms in total. The molecule has 8 heteroatoms. The van der Waals surface area contributed by atoms with Gasteiger partial charge in [0.05, 0.1) is 11.4 Å². The number of fused-ring (bicyclic) bond motifs is 1. The van der Waals surface area contributed by atoms with Crippen LogP contribution in [0.3, 0.4) is 0 Å². The molecule has 3 heterocycles. The maximum Gasteiger partial charge on any atom is 0.298 e. The summed E-state index contributed by atoms with van der Waals surface area (Å²) < 4.78 is 7.44. The average Bonchev–Trinajstić information content (AvgIpc) is 3.18. The van der Waals surface area contributed by atoms with Gasteiger partial charge in [0, 0.05) is 13.1 Å². The molecule has 3 aromatic rings. The molecule has 1 aliphatic rings. The van der Waals surface area contributed by atoms with Crippen LogP contribution in [0.4, 0.5) is 5.82 Å². The summed E-state index contributed by atoms with van der Waals surface area (Å²) in [5.74, 6) is 12.2. The highest BCUT2D eigenvalue weighted by Crippen LogP contribution is 2.28. The largest absolute Gasteiger partial charge is 0.481 e. The molecule has 4 rings (SSSR count). The lowest BCUT2D eigenvalue weighted by molar-refractivity contribution is -0.126. The van der Waals surface area contributed by atoms with Crippen LogP contribution in [0.1, 0.15) is 31.5 Å². The minimum absolute atomic E-state index is 0.0377. The fourth-order valence-electron chi connectivity index (χ4n) is 3.62. The van der Waals surface area contributed by atoms with E-state index in [4.69, 9.17) is 10.5 Å². The Kier molecular flexibility index (Phi) is 6.00. The zero-order chi connectivity index (χ0) is 21.6. The highest BCUT2D eigenvalue weighted by Gasteiger charge is 2.27. The van der Waals surface area contributed by atoms with Gasteiger partial charge in [0.15, 0.2) is 5.65 Å². The molecule has 1 amide bonds. The summed E-state index contributed by atoms with van der Waals surface area (Å²) in [5.41, 5.74) is 7.24. The molecule has 0 saturated carbocycles. The predicted molar refractivity (Wildman–Crippen MR) is 117 cm³/mol. The van der Waals surface area contributed by atoms with Gasteiger partial charge >= 0.3 is 0 Å². The lowest BCUT2D eigenvalue weighted by atomic mass is 10.1. The van der Waals surface area contributed by atoms with E-state index < -0.39 is 0 Å². The van der Waals surface area contributed by atoms with Gasteiger partial charge in [0.25, 0.3) is 5.91 Å². The number of amides is 1. The van der Waals surface area contributed by atoms with E-state index in [9.17, 15) is 4.79 Å². The van der Waals surface area contributed by atoms with Gasteiger partial charge in [-0.1, -0.05) is 30.0 Å². The lowest BCUT2D eigenvalue weighted by Crippen LogP contribution is -2.40. The van der Waals surface area contributed by atoms with Crippen LogP contribution in [-0.4, -0.2) is 50.3 Å². The van der Waals surface area contributed by atoms with Gasteiger partial charge in [-0.3, -0.25) is 4.79 Å². The van der Waals surface area contributed by atoms with E-state index in [1.165, 1.54) is 6.33 Å². The first-order chi connectivity index (χ1) is 15.2. The predicted octanol–water partition coefficient (Wildman–Crippen LogP) is 2.03. The van der Waals surface area contributed by atoms with Crippen LogP contribution >= 0.6 is 0 Å². The number of piperidine rings is 1. The first kappa shape index (κ1) is 20.2. The Bertz CT molecular complexity index is 1210. The van der Waals surface area contributed by atoms with Crippen molar-refractivity contribution in [3.05, 3.63) is 42.4 Å². The normalized spacial score (nSPS) is 15.5. The van der Waals surface area contributed by atoms with Crippen LogP contribution in [0, 0.1) is 23.7 Å². The van der Waals surface area contributed by atoms with Crippen LogP contribution in [0.15, 0.2) is 36.7 Å². The lowest BCUT2D eigenvalue weighted by Gasteiger charge is -2.31. The number of rotatable bonds is 3. The standard InChI is InChI=1S/C23H22N6O2/c1-2-8-20(30)28-13-6-9-17(15-28)29-23-21(22(24)25-16-26-23)19(27-29)12-7-14-31-18-10-4-3-5-11-18/h3-5,10-11,16-17H,6,9,13-15H2,1H3,(H2,24,25,26)/t17-/m1/s1. The molecular weight excluding hydrogens is 392 g/mol. The summed E-state index contributed by atoms with van der Waals surface area (Å²) in [4.78, 5) is 22.5. The SMILES string of the molecule is CC#CC(=O)N1CCC[C@@H](n2nc(C#CCOc3ccccc3)c3c(N)ncnc32)C1. The summed E-state index contributed by atoms with van der Waals surface area (Å²) >= 11 is 0. The topological polar surface area (TPSA) is 99.2 Å². The van der Waals surface area contributed by atoms with Crippen molar-refractivity contribution in [1.82, 2.24) is 24.6 Å². The molecule has 1 atom stereocenters. The van der Waals surface area contributed by atoms with E-state index in [0.717, 1.165) is 18.6 Å². The molecule has 0 unspecified atom stereocenters. The van der Waals surface area contributed by atoms with Crippen molar-refractivity contribution in [3.8, 4) is 29.4 Å². The third kappa shape index (κ3) is 4.44. The van der Waals surface area contributed by atoms with E-state index in [1.54, 1.807) is 11.8 Å². The van der Waals surface area contributed by atoms with Crippen molar-refractivity contribution in [1.29, 1.82) is 0 Å². The van der Waals surface area contributed by atoms with Crippen molar-refractivity contribution in [3.63, 3.8) is 0 Å². The molecule has 2 aromatic heterocycles. The molecule has 0 aliphatic carbocycles. The van der Waals surface area contributed by atoms with E-state index >= 15 is 0 Å². The number of anilines is 1. The third-order valence-corrected chi connectivity index (χ3v) is 5.04. The molecule has 31 heavy (non-hydrogen) atoms. The molecule has 0 radical (unpaired) electrons. The van der Waals surface area contributed by atoms with Gasteiger partial charge < -0.3 is 15.4 Å². The Balaban J connectivity index is 1.60. The number of aromatic nitrogens is 4. The van der Waals surface area contributed by atoms with Crippen LogP contribution in [0.2, 0.25) is 0 Å². The number of hydrogen-bond donors (Lipinski definition) is 1. The fourth-order valence-corrected chi connectivity index (χ4v) is 3.62. The average molecular weight is 414 g/mol. The number of para-hydroxylation sites is 1. The summed E-state index contributed by atoms with van der Waals surface area (Å²) in [7, 11) is 0. The van der Waals surface area contributed by atoms with Crippen molar-refractivity contribution in [2.24, 2.45) is 0 Å². The number of nitrogen functional groups attached to an aromatic ring is 1. The summed E-state index contributed by atoms with van der Waals surface area (Å²) in [6, 6.07) is 9.44. The Morgan fingerprint density at radius 1 is 1.29 bits per heavy atom. The number of nitrogens with zero attached hydrogens (tertiary/aromatic N) is 5. The first-order valence-electron chi connectivity index (χ1n) is 10.0. The van der Waals surface area contributed by atoms with E-state index in [0.29, 0.717) is 35.6 Å². The second kappa shape index (κ2) is 9.19. The highest BCUT2D eigenvalue weighted by molar-refractivity contribution is 5.93. The van der Waals surface area contributed by atoms with Crippen LogP contribution < -0.4 is 10.5 Å². The minimum Gasteiger partial charge on any atom is -0.481 e. The molecule has 1 fully saturated rings. The minimum atomic E-state index is -0.170. The first-order valence-corrected chi connectivity index (χ1v) is 10.0. The number of ether oxygens (including phenoxy) is 1. The highest BCUT2D eigenvalue weighted by atomic mass is 16.5. The summed E-state index contributed by atoms with van der Waals surface area (Å²) in [5, 5.41) is 5.31. The van der Waals surface area contributed by atoms with Crippen molar-refractivity contribution in [2.45, 2.75) is 25.8 Å². The van der Waals surface area contributed by atoms with Crippen molar-refractivity contribution >= 4 is 22.8 Å². The van der Waals surface area contributed by atoms with E-state index in [2.05, 4.69) is 38.7 Å². The monoisotopic (exact) mass is 414 g/mol. The zero-order valence-electron chi connectivity index (χ0n) is 17.2. The molecular formula is C23H22N6O2. The quantitative estimate of drug-likeness (QED) is 0.659. The number of carbonyl (C=O) groups is 1. The van der Waals surface area contributed by atoms with Crippen molar-refractivity contribution < 1.29 is 9.53 Å². The number of benzene rings is 1. The number of hydrogen-bond acceptors (Lipinski definition) is 6. The molecule has 1 saturated heterocycles. The van der Waals surface area contributed by atoms with Crippen molar-refractivity contribution in [2.75, 3.05) is 25.4 Å². The molecule has 2 N–H and O–H groups in total. The smallest absolute Gasteiger partial charge is 0.298 e. The second-order valence-corrected chi connectivity index (χ2v) is 7.08. The third-order valence-electron chi connectivity index (χ3n) is 5.04. The summed E-state index contributed by atoms with van der Waals surface area (Å²) in [6.07, 6.45) is 3.14. The van der Waals surface area contributed by atoms with E-state index in [1.807, 2.05) is 35.0 Å². The van der Waals surface area contributed by atoms with Crippen LogP contribution in [0.25, 0.3) is 11.0 Å². The second-order valence-electron chi connectivity index (χ2n) is 7.08.